The zero-order chi connectivity index (χ0) is 23.8. The predicted molar refractivity (Wildman–Crippen MR) is 123 cm³/mol. The molecule has 0 spiro atoms. The van der Waals surface area contributed by atoms with E-state index in [1.807, 2.05) is 32.8 Å². The summed E-state index contributed by atoms with van der Waals surface area (Å²) in [5.41, 5.74) is 4.49. The van der Waals surface area contributed by atoms with Gasteiger partial charge in [0.2, 0.25) is 0 Å². The highest BCUT2D eigenvalue weighted by Crippen LogP contribution is 2.28. The molecular weight excluding hydrogens is 429 g/mol. The number of rotatable bonds is 10. The molecule has 3 N–H and O–H groups in total. The summed E-state index contributed by atoms with van der Waals surface area (Å²) in [6.45, 7) is 5.96. The van der Waals surface area contributed by atoms with Crippen molar-refractivity contribution in [3.63, 3.8) is 0 Å². The SMILES string of the molecule is CC(C)CNC(=O)NN=NC1=C(c2nc3cc(OCCCN(C)C)c(F)cc3[nH]2)COC=C1. The summed E-state index contributed by atoms with van der Waals surface area (Å²) in [6.07, 6.45) is 3.88. The van der Waals surface area contributed by atoms with E-state index in [4.69, 9.17) is 9.47 Å². The highest BCUT2D eigenvalue weighted by molar-refractivity contribution is 5.81. The van der Waals surface area contributed by atoms with Crippen LogP contribution in [0.15, 0.2) is 40.5 Å². The smallest absolute Gasteiger partial charge is 0.336 e. The summed E-state index contributed by atoms with van der Waals surface area (Å²) in [5.74, 6) is 0.483. The Morgan fingerprint density at radius 1 is 1.39 bits per heavy atom. The number of aromatic nitrogens is 2. The quantitative estimate of drug-likeness (QED) is 0.285. The first-order valence-electron chi connectivity index (χ1n) is 10.8. The van der Waals surface area contributed by atoms with E-state index in [0.29, 0.717) is 47.2 Å². The Morgan fingerprint density at radius 2 is 2.21 bits per heavy atom. The van der Waals surface area contributed by atoms with Crippen molar-refractivity contribution in [3.05, 3.63) is 41.8 Å². The second-order valence-corrected chi connectivity index (χ2v) is 8.28. The fraction of sp³-hybridized carbons (Fsp3) is 0.455. The van der Waals surface area contributed by atoms with Gasteiger partial charge in [-0.1, -0.05) is 19.1 Å². The van der Waals surface area contributed by atoms with Crippen LogP contribution in [0.1, 0.15) is 26.1 Å². The summed E-state index contributed by atoms with van der Waals surface area (Å²) in [6, 6.07) is 2.49. The van der Waals surface area contributed by atoms with Crippen LogP contribution in [0.4, 0.5) is 9.18 Å². The molecule has 0 bridgehead atoms. The third-order valence-electron chi connectivity index (χ3n) is 4.67. The van der Waals surface area contributed by atoms with Gasteiger partial charge in [-0.05, 0) is 26.4 Å². The molecule has 0 fully saturated rings. The molecule has 0 radical (unpaired) electrons. The molecule has 2 heterocycles. The van der Waals surface area contributed by atoms with Crippen molar-refractivity contribution in [2.24, 2.45) is 16.3 Å². The second-order valence-electron chi connectivity index (χ2n) is 8.28. The van der Waals surface area contributed by atoms with E-state index in [2.05, 4.69) is 31.0 Å². The van der Waals surface area contributed by atoms with Gasteiger partial charge >= 0.3 is 6.03 Å². The lowest BCUT2D eigenvalue weighted by Crippen LogP contribution is -2.34. The van der Waals surface area contributed by atoms with Gasteiger partial charge in [-0.25, -0.2) is 19.6 Å². The van der Waals surface area contributed by atoms with E-state index >= 15 is 0 Å². The number of fused-ring (bicyclic) bond motifs is 1. The number of allylic oxidation sites excluding steroid dienone is 1. The summed E-state index contributed by atoms with van der Waals surface area (Å²) < 4.78 is 25.5. The first kappa shape index (κ1) is 24.2. The lowest BCUT2D eigenvalue weighted by atomic mass is 10.2. The van der Waals surface area contributed by atoms with Gasteiger partial charge in [0, 0.05) is 31.3 Å². The fourth-order valence-corrected chi connectivity index (χ4v) is 2.99. The Kier molecular flexibility index (Phi) is 8.36. The number of carbonyl (C=O) groups is 1. The fourth-order valence-electron chi connectivity index (χ4n) is 2.99. The summed E-state index contributed by atoms with van der Waals surface area (Å²) in [5, 5.41) is 10.5. The predicted octanol–water partition coefficient (Wildman–Crippen LogP) is 3.61. The van der Waals surface area contributed by atoms with Gasteiger partial charge in [0.15, 0.2) is 11.6 Å². The molecular formula is C22H30FN7O3. The zero-order valence-electron chi connectivity index (χ0n) is 19.3. The topological polar surface area (TPSA) is 116 Å². The summed E-state index contributed by atoms with van der Waals surface area (Å²) >= 11 is 0. The van der Waals surface area contributed by atoms with Gasteiger partial charge in [-0.2, -0.15) is 0 Å². The molecule has 0 atom stereocenters. The van der Waals surface area contributed by atoms with Crippen molar-refractivity contribution in [1.82, 2.24) is 25.6 Å². The Balaban J connectivity index is 1.75. The molecule has 0 unspecified atom stereocenters. The number of urea groups is 1. The standard InChI is InChI=1S/C22H30FN7O3/c1-14(2)12-24-22(31)28-29-27-17-6-9-32-13-15(17)21-25-18-10-16(23)20(11-19(18)26-21)33-8-5-7-30(3)4/h6,9-11,14H,5,7-8,12-13H2,1-4H3,(H,25,26)(H2,24,27,28,31). The molecule has 0 saturated carbocycles. The molecule has 2 aromatic rings. The number of halogens is 1. The molecule has 178 valence electrons. The third-order valence-corrected chi connectivity index (χ3v) is 4.67. The number of ether oxygens (including phenoxy) is 2. The van der Waals surface area contributed by atoms with Gasteiger partial charge < -0.3 is 24.7 Å². The minimum atomic E-state index is -0.465. The van der Waals surface area contributed by atoms with Crippen molar-refractivity contribution in [2.45, 2.75) is 20.3 Å². The van der Waals surface area contributed by atoms with Crippen LogP contribution in [-0.2, 0) is 4.74 Å². The molecule has 0 aliphatic carbocycles. The summed E-state index contributed by atoms with van der Waals surface area (Å²) in [4.78, 5) is 21.4. The van der Waals surface area contributed by atoms with Crippen molar-refractivity contribution in [3.8, 4) is 5.75 Å². The molecule has 0 saturated heterocycles. The number of amides is 2. The maximum absolute atomic E-state index is 14.5. The Bertz CT molecular complexity index is 1060. The number of aromatic amines is 1. The van der Waals surface area contributed by atoms with Crippen LogP contribution >= 0.6 is 0 Å². The monoisotopic (exact) mass is 459 g/mol. The first-order chi connectivity index (χ1) is 15.8. The largest absolute Gasteiger partial charge is 0.496 e. The van der Waals surface area contributed by atoms with Gasteiger partial charge in [0.25, 0.3) is 0 Å². The number of imidazole rings is 1. The van der Waals surface area contributed by atoms with Crippen LogP contribution in [0.2, 0.25) is 0 Å². The number of hydrogen-bond donors (Lipinski definition) is 3. The van der Waals surface area contributed by atoms with Gasteiger partial charge in [0.1, 0.15) is 18.1 Å². The van der Waals surface area contributed by atoms with Crippen LogP contribution in [0.25, 0.3) is 16.6 Å². The maximum atomic E-state index is 14.5. The molecule has 3 rings (SSSR count). The Morgan fingerprint density at radius 3 is 2.97 bits per heavy atom. The molecule has 11 heteroatoms. The highest BCUT2D eigenvalue weighted by Gasteiger charge is 2.17. The van der Waals surface area contributed by atoms with E-state index in [0.717, 1.165) is 13.0 Å². The number of nitrogens with one attached hydrogen (secondary N) is 3. The van der Waals surface area contributed by atoms with Crippen molar-refractivity contribution >= 4 is 22.6 Å². The Hall–Kier alpha value is -3.47. The number of benzene rings is 1. The van der Waals surface area contributed by atoms with E-state index in [9.17, 15) is 9.18 Å². The Labute approximate surface area is 191 Å². The lowest BCUT2D eigenvalue weighted by Gasteiger charge is -2.11. The van der Waals surface area contributed by atoms with Crippen molar-refractivity contribution in [1.29, 1.82) is 0 Å². The van der Waals surface area contributed by atoms with E-state index in [-0.39, 0.29) is 12.4 Å². The molecule has 1 aromatic heterocycles. The normalized spacial score (nSPS) is 13.9. The molecule has 1 aromatic carbocycles. The third kappa shape index (κ3) is 7.01. The molecule has 33 heavy (non-hydrogen) atoms. The average molecular weight is 460 g/mol. The molecule has 1 aliphatic heterocycles. The number of nitrogens with zero attached hydrogens (tertiary/aromatic N) is 4. The van der Waals surface area contributed by atoms with Gasteiger partial charge in [0.05, 0.1) is 29.5 Å². The van der Waals surface area contributed by atoms with Crippen LogP contribution in [0, 0.1) is 11.7 Å². The molecule has 1 aliphatic rings. The van der Waals surface area contributed by atoms with E-state index in [1.165, 1.54) is 12.3 Å². The van der Waals surface area contributed by atoms with Crippen LogP contribution in [0.3, 0.4) is 0 Å². The lowest BCUT2D eigenvalue weighted by molar-refractivity contribution is 0.239. The number of carbonyl (C=O) groups excluding carboxylic acids is 1. The average Bonchev–Trinajstić information content (AvgIpc) is 3.18. The van der Waals surface area contributed by atoms with Gasteiger partial charge in [-0.3, -0.25) is 0 Å². The van der Waals surface area contributed by atoms with E-state index < -0.39 is 11.8 Å². The highest BCUT2D eigenvalue weighted by atomic mass is 19.1. The molecule has 2 amide bonds. The van der Waals surface area contributed by atoms with Crippen molar-refractivity contribution < 1.29 is 18.7 Å². The minimum Gasteiger partial charge on any atom is -0.496 e. The van der Waals surface area contributed by atoms with Crippen LogP contribution < -0.4 is 15.5 Å². The zero-order valence-corrected chi connectivity index (χ0v) is 19.3. The van der Waals surface area contributed by atoms with E-state index in [1.54, 1.807) is 12.1 Å². The minimum absolute atomic E-state index is 0.157. The van der Waals surface area contributed by atoms with Crippen molar-refractivity contribution in [2.75, 3.05) is 40.4 Å². The van der Waals surface area contributed by atoms with Crippen LogP contribution in [-0.4, -0.2) is 61.3 Å². The number of hydrogen-bond acceptors (Lipinski definition) is 7. The second kappa shape index (κ2) is 11.4. The number of H-pyrrole nitrogens is 1. The maximum Gasteiger partial charge on any atom is 0.336 e. The first-order valence-corrected chi connectivity index (χ1v) is 10.8. The van der Waals surface area contributed by atoms with Crippen LogP contribution in [0.5, 0.6) is 5.75 Å². The summed E-state index contributed by atoms with van der Waals surface area (Å²) in [7, 11) is 3.95. The van der Waals surface area contributed by atoms with Gasteiger partial charge in [-0.15, -0.1) is 5.11 Å². The molecule has 10 nitrogen and oxygen atoms in total.